The van der Waals surface area contributed by atoms with E-state index in [1.165, 1.54) is 0 Å². The standard InChI is InChI=1S/C15H11N5S/c21-15-17-16-14-19(12-9-5-2-6-10-12)13(18-20(14)15)11-7-3-1-4-8-11/h1-10H,(H,17,21). The Morgan fingerprint density at radius 2 is 1.57 bits per heavy atom. The SMILES string of the molecule is S=c1[nH]nc2n(-c3ccccc3)c(-c3ccccc3)nn12. The first kappa shape index (κ1) is 12.0. The third kappa shape index (κ3) is 1.88. The van der Waals surface area contributed by atoms with Gasteiger partial charge in [0.2, 0.25) is 4.77 Å². The molecule has 0 spiro atoms. The quantitative estimate of drug-likeness (QED) is 0.577. The monoisotopic (exact) mass is 293 g/mol. The van der Waals surface area contributed by atoms with Crippen molar-refractivity contribution in [3.05, 3.63) is 65.4 Å². The first-order chi connectivity index (χ1) is 10.3. The Labute approximate surface area is 125 Å². The molecule has 0 aliphatic heterocycles. The molecule has 2 aromatic heterocycles. The van der Waals surface area contributed by atoms with Crippen LogP contribution in [0.5, 0.6) is 0 Å². The lowest BCUT2D eigenvalue weighted by molar-refractivity contribution is 0.935. The molecule has 0 atom stereocenters. The molecule has 0 fully saturated rings. The maximum Gasteiger partial charge on any atom is 0.257 e. The molecule has 2 aromatic carbocycles. The summed E-state index contributed by atoms with van der Waals surface area (Å²) < 4.78 is 4.11. The summed E-state index contributed by atoms with van der Waals surface area (Å²) in [5.41, 5.74) is 2.01. The number of H-pyrrole nitrogens is 1. The molecule has 21 heavy (non-hydrogen) atoms. The van der Waals surface area contributed by atoms with Gasteiger partial charge in [0.05, 0.1) is 5.69 Å². The summed E-state index contributed by atoms with van der Waals surface area (Å²) in [5.74, 6) is 1.48. The van der Waals surface area contributed by atoms with Crippen molar-refractivity contribution in [1.29, 1.82) is 0 Å². The van der Waals surface area contributed by atoms with Crippen molar-refractivity contribution in [2.45, 2.75) is 0 Å². The smallest absolute Gasteiger partial charge is 0.257 e. The number of benzene rings is 2. The fourth-order valence-electron chi connectivity index (χ4n) is 2.34. The third-order valence-corrected chi connectivity index (χ3v) is 3.55. The fourth-order valence-corrected chi connectivity index (χ4v) is 2.51. The Kier molecular flexibility index (Phi) is 2.68. The van der Waals surface area contributed by atoms with Crippen molar-refractivity contribution in [3.63, 3.8) is 0 Å². The normalized spacial score (nSPS) is 11.0. The average molecular weight is 293 g/mol. The van der Waals surface area contributed by atoms with Crippen LogP contribution in [-0.2, 0) is 0 Å². The second-order valence-corrected chi connectivity index (χ2v) is 4.99. The number of hydrogen-bond acceptors (Lipinski definition) is 3. The van der Waals surface area contributed by atoms with E-state index in [0.717, 1.165) is 17.1 Å². The Morgan fingerprint density at radius 1 is 0.905 bits per heavy atom. The number of rotatable bonds is 2. The number of nitrogens with zero attached hydrogens (tertiary/aromatic N) is 4. The Balaban J connectivity index is 2.09. The zero-order chi connectivity index (χ0) is 14.2. The van der Waals surface area contributed by atoms with Crippen molar-refractivity contribution in [2.24, 2.45) is 0 Å². The van der Waals surface area contributed by atoms with Gasteiger partial charge in [-0.25, -0.2) is 5.10 Å². The minimum atomic E-state index is 0.483. The van der Waals surface area contributed by atoms with E-state index in [-0.39, 0.29) is 0 Å². The summed E-state index contributed by atoms with van der Waals surface area (Å²) in [5, 5.41) is 11.7. The van der Waals surface area contributed by atoms with Crippen LogP contribution < -0.4 is 0 Å². The van der Waals surface area contributed by atoms with Gasteiger partial charge in [0, 0.05) is 5.56 Å². The summed E-state index contributed by atoms with van der Waals surface area (Å²) in [6.45, 7) is 0. The molecule has 6 heteroatoms. The summed E-state index contributed by atoms with van der Waals surface area (Å²) in [6, 6.07) is 20.0. The number of aromatic amines is 1. The van der Waals surface area contributed by atoms with Crippen LogP contribution in [0.1, 0.15) is 0 Å². The van der Waals surface area contributed by atoms with Gasteiger partial charge in [-0.3, -0.25) is 4.57 Å². The average Bonchev–Trinajstić information content (AvgIpc) is 3.09. The summed E-state index contributed by atoms with van der Waals surface area (Å²) >= 11 is 5.23. The van der Waals surface area contributed by atoms with Gasteiger partial charge in [-0.2, -0.15) is 4.52 Å². The van der Waals surface area contributed by atoms with Crippen molar-refractivity contribution in [2.75, 3.05) is 0 Å². The van der Waals surface area contributed by atoms with Crippen LogP contribution >= 0.6 is 12.2 Å². The van der Waals surface area contributed by atoms with Crippen LogP contribution in [0.2, 0.25) is 0 Å². The fraction of sp³-hybridized carbons (Fsp3) is 0. The Morgan fingerprint density at radius 3 is 2.29 bits per heavy atom. The number of aromatic nitrogens is 5. The van der Waals surface area contributed by atoms with Gasteiger partial charge in [0.15, 0.2) is 5.82 Å². The van der Waals surface area contributed by atoms with Gasteiger partial charge < -0.3 is 0 Å². The van der Waals surface area contributed by atoms with Crippen molar-refractivity contribution >= 4 is 18.0 Å². The molecule has 2 heterocycles. The first-order valence-corrected chi connectivity index (χ1v) is 6.92. The molecule has 0 bridgehead atoms. The highest BCUT2D eigenvalue weighted by atomic mass is 32.1. The minimum Gasteiger partial charge on any atom is -0.260 e. The van der Waals surface area contributed by atoms with E-state index in [1.807, 2.05) is 65.2 Å². The van der Waals surface area contributed by atoms with E-state index in [0.29, 0.717) is 10.5 Å². The van der Waals surface area contributed by atoms with Crippen LogP contribution in [0.3, 0.4) is 0 Å². The largest absolute Gasteiger partial charge is 0.260 e. The molecule has 4 aromatic rings. The molecule has 102 valence electrons. The molecule has 0 unspecified atom stereocenters. The number of para-hydroxylation sites is 1. The van der Waals surface area contributed by atoms with Gasteiger partial charge in [-0.1, -0.05) is 48.5 Å². The molecule has 0 aliphatic carbocycles. The number of fused-ring (bicyclic) bond motifs is 1. The lowest BCUT2D eigenvalue weighted by Crippen LogP contribution is -1.98. The maximum absolute atomic E-state index is 5.23. The Bertz CT molecular complexity index is 950. The molecule has 0 saturated carbocycles. The van der Waals surface area contributed by atoms with Crippen LogP contribution in [0.4, 0.5) is 0 Å². The van der Waals surface area contributed by atoms with E-state index >= 15 is 0 Å². The molecule has 0 amide bonds. The zero-order valence-corrected chi connectivity index (χ0v) is 11.8. The van der Waals surface area contributed by atoms with E-state index in [4.69, 9.17) is 12.2 Å². The van der Waals surface area contributed by atoms with E-state index in [2.05, 4.69) is 15.3 Å². The molecule has 0 radical (unpaired) electrons. The predicted octanol–water partition coefficient (Wildman–Crippen LogP) is 3.24. The molecule has 0 saturated heterocycles. The molecule has 1 N–H and O–H groups in total. The van der Waals surface area contributed by atoms with E-state index < -0.39 is 0 Å². The minimum absolute atomic E-state index is 0.483. The molecule has 4 rings (SSSR count). The van der Waals surface area contributed by atoms with E-state index in [9.17, 15) is 0 Å². The third-order valence-electron chi connectivity index (χ3n) is 3.29. The van der Waals surface area contributed by atoms with Gasteiger partial charge in [0.1, 0.15) is 0 Å². The first-order valence-electron chi connectivity index (χ1n) is 6.51. The van der Waals surface area contributed by atoms with Crippen molar-refractivity contribution in [3.8, 4) is 17.1 Å². The number of hydrogen-bond donors (Lipinski definition) is 1. The van der Waals surface area contributed by atoms with Crippen LogP contribution in [-0.4, -0.2) is 24.4 Å². The second kappa shape index (κ2) is 4.68. The molecule has 0 aliphatic rings. The van der Waals surface area contributed by atoms with Gasteiger partial charge in [-0.05, 0) is 24.4 Å². The number of nitrogens with one attached hydrogen (secondary N) is 1. The molecular weight excluding hydrogens is 282 g/mol. The van der Waals surface area contributed by atoms with Gasteiger partial charge in [-0.15, -0.1) is 10.2 Å². The van der Waals surface area contributed by atoms with Gasteiger partial charge >= 0.3 is 0 Å². The summed E-state index contributed by atoms with van der Waals surface area (Å²) in [6.07, 6.45) is 0. The van der Waals surface area contributed by atoms with Crippen LogP contribution in [0.25, 0.3) is 22.9 Å². The predicted molar refractivity (Wildman–Crippen MR) is 82.9 cm³/mol. The highest BCUT2D eigenvalue weighted by Gasteiger charge is 2.16. The van der Waals surface area contributed by atoms with Crippen LogP contribution in [0, 0.1) is 4.77 Å². The van der Waals surface area contributed by atoms with Crippen LogP contribution in [0.15, 0.2) is 60.7 Å². The van der Waals surface area contributed by atoms with Crippen molar-refractivity contribution in [1.82, 2.24) is 24.4 Å². The summed E-state index contributed by atoms with van der Waals surface area (Å²) in [7, 11) is 0. The van der Waals surface area contributed by atoms with Gasteiger partial charge in [0.25, 0.3) is 5.78 Å². The zero-order valence-electron chi connectivity index (χ0n) is 11.0. The maximum atomic E-state index is 5.23. The Hall–Kier alpha value is -2.73. The highest BCUT2D eigenvalue weighted by molar-refractivity contribution is 7.71. The lowest BCUT2D eigenvalue weighted by Gasteiger charge is -2.06. The lowest BCUT2D eigenvalue weighted by atomic mass is 10.2. The molecular formula is C15H11N5S. The topological polar surface area (TPSA) is 50.9 Å². The second-order valence-electron chi connectivity index (χ2n) is 4.60. The van der Waals surface area contributed by atoms with Crippen molar-refractivity contribution < 1.29 is 0 Å². The van der Waals surface area contributed by atoms with E-state index in [1.54, 1.807) is 4.52 Å². The highest BCUT2D eigenvalue weighted by Crippen LogP contribution is 2.23. The molecule has 5 nitrogen and oxygen atoms in total. The summed E-state index contributed by atoms with van der Waals surface area (Å²) in [4.78, 5) is 0.